The molecule has 0 aliphatic rings. The van der Waals surface area contributed by atoms with Gasteiger partial charge < -0.3 is 10.1 Å². The summed E-state index contributed by atoms with van der Waals surface area (Å²) in [6.45, 7) is 1.30. The molecule has 2 aromatic rings. The minimum absolute atomic E-state index is 0.249. The highest BCUT2D eigenvalue weighted by molar-refractivity contribution is 9.08. The van der Waals surface area contributed by atoms with Gasteiger partial charge in [-0.1, -0.05) is 40.2 Å². The van der Waals surface area contributed by atoms with Crippen LogP contribution in [0, 0.1) is 0 Å². The molecule has 0 spiro atoms. The number of rotatable bonds is 4. The summed E-state index contributed by atoms with van der Waals surface area (Å²) in [5.41, 5.74) is 2.06. The number of benzene rings is 2. The number of hydrogen-bond donors (Lipinski definition) is 1. The van der Waals surface area contributed by atoms with E-state index in [4.69, 9.17) is 4.74 Å². The maximum atomic E-state index is 12.3. The Balaban J connectivity index is 2.22. The number of carbonyl (C=O) groups excluding carboxylic acids is 2. The summed E-state index contributed by atoms with van der Waals surface area (Å²) in [4.78, 5) is 23.4. The molecule has 2 rings (SSSR count). The van der Waals surface area contributed by atoms with Gasteiger partial charge in [-0.2, -0.15) is 0 Å². The lowest BCUT2D eigenvalue weighted by molar-refractivity contribution is -0.131. The molecule has 5 heteroatoms. The largest absolute Gasteiger partial charge is 0.426 e. The fraction of sp³-hybridized carbons (Fsp3) is 0.125. The van der Waals surface area contributed by atoms with Crippen molar-refractivity contribution in [2.75, 3.05) is 5.32 Å². The van der Waals surface area contributed by atoms with Gasteiger partial charge in [0, 0.05) is 17.9 Å². The van der Waals surface area contributed by atoms with Crippen molar-refractivity contribution >= 4 is 33.5 Å². The normalized spacial score (nSPS) is 10.0. The van der Waals surface area contributed by atoms with Crippen LogP contribution in [-0.2, 0) is 10.1 Å². The SMILES string of the molecule is CC(=O)Oc1ccccc1C(=O)Nc1cccc(CBr)c1. The second kappa shape index (κ2) is 7.04. The summed E-state index contributed by atoms with van der Waals surface area (Å²) in [6, 6.07) is 14.1. The van der Waals surface area contributed by atoms with E-state index in [9.17, 15) is 9.59 Å². The van der Waals surface area contributed by atoms with Crippen molar-refractivity contribution in [2.24, 2.45) is 0 Å². The Kier molecular flexibility index (Phi) is 5.11. The maximum Gasteiger partial charge on any atom is 0.308 e. The third-order valence-electron chi connectivity index (χ3n) is 2.72. The predicted molar refractivity (Wildman–Crippen MR) is 84.8 cm³/mol. The monoisotopic (exact) mass is 347 g/mol. The van der Waals surface area contributed by atoms with Crippen molar-refractivity contribution in [1.29, 1.82) is 0 Å². The maximum absolute atomic E-state index is 12.3. The van der Waals surface area contributed by atoms with Crippen LogP contribution in [0.4, 0.5) is 5.69 Å². The lowest BCUT2D eigenvalue weighted by Gasteiger charge is -2.10. The van der Waals surface area contributed by atoms with Gasteiger partial charge in [0.1, 0.15) is 5.75 Å². The molecule has 0 atom stereocenters. The fourth-order valence-electron chi connectivity index (χ4n) is 1.83. The Morgan fingerprint density at radius 3 is 2.62 bits per heavy atom. The van der Waals surface area contributed by atoms with Gasteiger partial charge in [0.05, 0.1) is 5.56 Å². The number of carbonyl (C=O) groups is 2. The number of nitrogens with one attached hydrogen (secondary N) is 1. The van der Waals surface area contributed by atoms with E-state index in [-0.39, 0.29) is 11.7 Å². The molecule has 1 amide bonds. The van der Waals surface area contributed by atoms with Crippen molar-refractivity contribution in [3.63, 3.8) is 0 Å². The minimum Gasteiger partial charge on any atom is -0.426 e. The smallest absolute Gasteiger partial charge is 0.308 e. The zero-order valence-corrected chi connectivity index (χ0v) is 13.0. The zero-order chi connectivity index (χ0) is 15.2. The van der Waals surface area contributed by atoms with Gasteiger partial charge in [-0.25, -0.2) is 0 Å². The fourth-order valence-corrected chi connectivity index (χ4v) is 2.18. The van der Waals surface area contributed by atoms with Gasteiger partial charge in [0.15, 0.2) is 0 Å². The number of amides is 1. The molecule has 21 heavy (non-hydrogen) atoms. The van der Waals surface area contributed by atoms with Crippen molar-refractivity contribution < 1.29 is 14.3 Å². The van der Waals surface area contributed by atoms with Crippen LogP contribution in [0.2, 0.25) is 0 Å². The number of alkyl halides is 1. The molecule has 0 unspecified atom stereocenters. The first-order valence-electron chi connectivity index (χ1n) is 6.34. The average molecular weight is 348 g/mol. The third-order valence-corrected chi connectivity index (χ3v) is 3.37. The first-order valence-corrected chi connectivity index (χ1v) is 7.46. The lowest BCUT2D eigenvalue weighted by Crippen LogP contribution is -2.14. The van der Waals surface area contributed by atoms with Crippen LogP contribution >= 0.6 is 15.9 Å². The molecule has 0 aliphatic heterocycles. The highest BCUT2D eigenvalue weighted by atomic mass is 79.9. The topological polar surface area (TPSA) is 55.4 Å². The Hall–Kier alpha value is -2.14. The number of anilines is 1. The van der Waals surface area contributed by atoms with E-state index in [0.29, 0.717) is 16.6 Å². The summed E-state index contributed by atoms with van der Waals surface area (Å²) in [7, 11) is 0. The van der Waals surface area contributed by atoms with Crippen molar-refractivity contribution in [2.45, 2.75) is 12.3 Å². The number of para-hydroxylation sites is 1. The summed E-state index contributed by atoms with van der Waals surface area (Å²) in [6.07, 6.45) is 0. The van der Waals surface area contributed by atoms with Crippen LogP contribution in [-0.4, -0.2) is 11.9 Å². The van der Waals surface area contributed by atoms with Crippen molar-refractivity contribution in [1.82, 2.24) is 0 Å². The van der Waals surface area contributed by atoms with E-state index in [1.807, 2.05) is 18.2 Å². The summed E-state index contributed by atoms with van der Waals surface area (Å²) in [5.74, 6) is -0.533. The molecule has 108 valence electrons. The Morgan fingerprint density at radius 2 is 1.90 bits per heavy atom. The molecule has 2 aromatic carbocycles. The van der Waals surface area contributed by atoms with Crippen molar-refractivity contribution in [3.05, 3.63) is 59.7 Å². The van der Waals surface area contributed by atoms with Gasteiger partial charge >= 0.3 is 5.97 Å². The van der Waals surface area contributed by atoms with E-state index in [1.54, 1.807) is 30.3 Å². The van der Waals surface area contributed by atoms with Crippen LogP contribution in [0.1, 0.15) is 22.8 Å². The molecular weight excluding hydrogens is 334 g/mol. The van der Waals surface area contributed by atoms with E-state index < -0.39 is 5.97 Å². The quantitative estimate of drug-likeness (QED) is 0.520. The van der Waals surface area contributed by atoms with Gasteiger partial charge in [0.2, 0.25) is 0 Å². The summed E-state index contributed by atoms with van der Waals surface area (Å²) >= 11 is 3.37. The first-order chi connectivity index (χ1) is 10.1. The van der Waals surface area contributed by atoms with E-state index in [0.717, 1.165) is 5.56 Å². The average Bonchev–Trinajstić information content (AvgIpc) is 2.47. The van der Waals surface area contributed by atoms with Crippen LogP contribution in [0.5, 0.6) is 5.75 Å². The van der Waals surface area contributed by atoms with Gasteiger partial charge in [-0.3, -0.25) is 9.59 Å². The van der Waals surface area contributed by atoms with E-state index >= 15 is 0 Å². The molecule has 4 nitrogen and oxygen atoms in total. The Morgan fingerprint density at radius 1 is 1.14 bits per heavy atom. The van der Waals surface area contributed by atoms with Crippen LogP contribution in [0.25, 0.3) is 0 Å². The molecule has 0 bridgehead atoms. The molecule has 0 heterocycles. The van der Waals surface area contributed by atoms with Crippen molar-refractivity contribution in [3.8, 4) is 5.75 Å². The summed E-state index contributed by atoms with van der Waals surface area (Å²) in [5, 5.41) is 3.50. The standard InChI is InChI=1S/C16H14BrNO3/c1-11(19)21-15-8-3-2-7-14(15)16(20)18-13-6-4-5-12(9-13)10-17/h2-9H,10H2,1H3,(H,18,20). The minimum atomic E-state index is -0.462. The van der Waals surface area contributed by atoms with E-state index in [1.165, 1.54) is 6.92 Å². The first kappa shape index (κ1) is 15.3. The van der Waals surface area contributed by atoms with Gasteiger partial charge in [0.25, 0.3) is 5.91 Å². The molecule has 1 N–H and O–H groups in total. The Labute approximate surface area is 131 Å². The molecule has 0 radical (unpaired) electrons. The second-order valence-electron chi connectivity index (χ2n) is 4.38. The van der Waals surface area contributed by atoms with Gasteiger partial charge in [-0.15, -0.1) is 0 Å². The van der Waals surface area contributed by atoms with Gasteiger partial charge in [-0.05, 0) is 29.8 Å². The second-order valence-corrected chi connectivity index (χ2v) is 4.94. The third kappa shape index (κ3) is 4.16. The zero-order valence-electron chi connectivity index (χ0n) is 11.4. The number of esters is 1. The molecule has 0 saturated carbocycles. The molecular formula is C16H14BrNO3. The van der Waals surface area contributed by atoms with E-state index in [2.05, 4.69) is 21.2 Å². The molecule has 0 aromatic heterocycles. The lowest BCUT2D eigenvalue weighted by atomic mass is 10.1. The highest BCUT2D eigenvalue weighted by Gasteiger charge is 2.13. The molecule has 0 saturated heterocycles. The summed E-state index contributed by atoms with van der Waals surface area (Å²) < 4.78 is 5.04. The molecule has 0 aliphatic carbocycles. The van der Waals surface area contributed by atoms with Crippen LogP contribution in [0.15, 0.2) is 48.5 Å². The number of halogens is 1. The highest BCUT2D eigenvalue weighted by Crippen LogP contribution is 2.20. The predicted octanol–water partition coefficient (Wildman–Crippen LogP) is 3.76. The number of ether oxygens (including phenoxy) is 1. The molecule has 0 fully saturated rings. The van der Waals surface area contributed by atoms with Crippen LogP contribution < -0.4 is 10.1 Å². The Bertz CT molecular complexity index is 670. The number of hydrogen-bond acceptors (Lipinski definition) is 3. The van der Waals surface area contributed by atoms with Crippen LogP contribution in [0.3, 0.4) is 0 Å².